The fourth-order valence-electron chi connectivity index (χ4n) is 1.38. The van der Waals surface area contributed by atoms with Crippen molar-refractivity contribution in [3.05, 3.63) is 20.2 Å². The van der Waals surface area contributed by atoms with Gasteiger partial charge in [0.15, 0.2) is 0 Å². The predicted molar refractivity (Wildman–Crippen MR) is 71.4 cm³/mol. The predicted octanol–water partition coefficient (Wildman–Crippen LogP) is 1.47. The van der Waals surface area contributed by atoms with E-state index >= 15 is 0 Å². The summed E-state index contributed by atoms with van der Waals surface area (Å²) in [5.41, 5.74) is 0. The summed E-state index contributed by atoms with van der Waals surface area (Å²) in [7, 11) is -4.95. The van der Waals surface area contributed by atoms with Crippen molar-refractivity contribution in [1.82, 2.24) is 5.09 Å². The van der Waals surface area contributed by atoms with Crippen LogP contribution in [0, 0.1) is 26.1 Å². The van der Waals surface area contributed by atoms with Crippen molar-refractivity contribution in [3.8, 4) is 0 Å². The highest BCUT2D eigenvalue weighted by Gasteiger charge is 2.36. The topological polar surface area (TPSA) is 160 Å². The lowest BCUT2D eigenvalue weighted by Gasteiger charge is -2.19. The van der Waals surface area contributed by atoms with E-state index in [1.54, 1.807) is 5.09 Å². The molecule has 0 aliphatic heterocycles. The molecule has 13 heteroatoms. The summed E-state index contributed by atoms with van der Waals surface area (Å²) in [5, 5.41) is 19.1. The molecule has 0 radical (unpaired) electrons. The Labute approximate surface area is 125 Å². The number of carbonyl (C=O) groups excluding carboxylic acids is 1. The Morgan fingerprint density at radius 3 is 2.00 bits per heavy atom. The average molecular weight is 343 g/mol. The van der Waals surface area contributed by atoms with Gasteiger partial charge in [-0.15, -0.1) is 20.2 Å². The Bertz CT molecular complexity index is 434. The monoisotopic (exact) mass is 343 g/mol. The highest BCUT2D eigenvalue weighted by molar-refractivity contribution is 7.51. The lowest BCUT2D eigenvalue weighted by atomic mass is 10.1. The number of hydrogen-bond acceptors (Lipinski definition) is 9. The van der Waals surface area contributed by atoms with Crippen LogP contribution >= 0.6 is 7.75 Å². The summed E-state index contributed by atoms with van der Waals surface area (Å²) in [6.45, 7) is 5.07. The molecule has 0 bridgehead atoms. The molecule has 128 valence electrons. The summed E-state index contributed by atoms with van der Waals surface area (Å²) < 4.78 is 23.9. The maximum atomic E-state index is 11.8. The molecule has 0 aromatic carbocycles. The molecule has 0 fully saturated rings. The SMILES string of the molecule is CCC(CC)COC(=O)[C@H](C)NP(=O)(O[N+](=O)[O-])O[N+](=O)[O-]. The van der Waals surface area contributed by atoms with E-state index in [9.17, 15) is 29.6 Å². The van der Waals surface area contributed by atoms with Gasteiger partial charge in [0, 0.05) is 0 Å². The van der Waals surface area contributed by atoms with Crippen molar-refractivity contribution < 1.29 is 33.5 Å². The molecule has 0 unspecified atom stereocenters. The minimum absolute atomic E-state index is 0.105. The molecule has 12 nitrogen and oxygen atoms in total. The van der Waals surface area contributed by atoms with Crippen LogP contribution in [0.3, 0.4) is 0 Å². The van der Waals surface area contributed by atoms with Gasteiger partial charge in [0.25, 0.3) is 0 Å². The Hall–Kier alpha value is -1.94. The van der Waals surface area contributed by atoms with Gasteiger partial charge in [-0.25, -0.2) is 18.9 Å². The summed E-state index contributed by atoms with van der Waals surface area (Å²) >= 11 is 0. The van der Waals surface area contributed by atoms with Crippen LogP contribution in [0.4, 0.5) is 0 Å². The van der Waals surface area contributed by atoms with Crippen LogP contribution in [-0.2, 0) is 23.3 Å². The molecular formula is C9H18N3O9P. The highest BCUT2D eigenvalue weighted by Crippen LogP contribution is 2.44. The van der Waals surface area contributed by atoms with Crippen molar-refractivity contribution in [2.24, 2.45) is 5.92 Å². The minimum Gasteiger partial charge on any atom is -0.464 e. The Morgan fingerprint density at radius 2 is 1.64 bits per heavy atom. The third-order valence-electron chi connectivity index (χ3n) is 2.67. The van der Waals surface area contributed by atoms with Gasteiger partial charge in [-0.05, 0) is 12.8 Å². The standard InChI is InChI=1S/C9H18N3O9P/c1-4-8(5-2)6-19-9(13)7(3)10-22(18,20-11(14)15)21-12(16)17/h7-8H,4-6H2,1-3H3,(H,10,18)/t7-/m0/s1. The Kier molecular flexibility index (Phi) is 8.35. The second-order valence-corrected chi connectivity index (χ2v) is 5.85. The third-order valence-corrected chi connectivity index (χ3v) is 4.07. The third kappa shape index (κ3) is 7.74. The smallest absolute Gasteiger partial charge is 0.464 e. The molecule has 0 saturated heterocycles. The summed E-state index contributed by atoms with van der Waals surface area (Å²) in [5.74, 6) is -0.765. The number of hydrogen-bond donors (Lipinski definition) is 1. The van der Waals surface area contributed by atoms with E-state index in [1.807, 2.05) is 13.8 Å². The molecule has 0 amide bonds. The van der Waals surface area contributed by atoms with Gasteiger partial charge in [0.05, 0.1) is 6.61 Å². The van der Waals surface area contributed by atoms with Gasteiger partial charge in [-0.3, -0.25) is 4.79 Å². The van der Waals surface area contributed by atoms with Crippen LogP contribution in [0.5, 0.6) is 0 Å². The maximum Gasteiger partial charge on any atom is 0.477 e. The van der Waals surface area contributed by atoms with Crippen molar-refractivity contribution in [3.63, 3.8) is 0 Å². The van der Waals surface area contributed by atoms with Crippen LogP contribution in [-0.4, -0.2) is 28.8 Å². The zero-order valence-electron chi connectivity index (χ0n) is 12.3. The molecule has 0 spiro atoms. The van der Waals surface area contributed by atoms with E-state index in [4.69, 9.17) is 4.74 Å². The molecular weight excluding hydrogens is 325 g/mol. The van der Waals surface area contributed by atoms with Crippen molar-refractivity contribution in [2.45, 2.75) is 39.7 Å². The fourth-order valence-corrected chi connectivity index (χ4v) is 2.43. The van der Waals surface area contributed by atoms with Gasteiger partial charge in [0.2, 0.25) is 0 Å². The zero-order chi connectivity index (χ0) is 17.3. The zero-order valence-corrected chi connectivity index (χ0v) is 13.2. The van der Waals surface area contributed by atoms with E-state index in [0.29, 0.717) is 0 Å². The van der Waals surface area contributed by atoms with Crippen LogP contribution in [0.2, 0.25) is 0 Å². The molecule has 0 saturated carbocycles. The van der Waals surface area contributed by atoms with E-state index in [-0.39, 0.29) is 12.5 Å². The van der Waals surface area contributed by atoms with Gasteiger partial charge >= 0.3 is 23.9 Å². The first-order valence-corrected chi connectivity index (χ1v) is 7.90. The average Bonchev–Trinajstić information content (AvgIpc) is 2.36. The van der Waals surface area contributed by atoms with Crippen LogP contribution in [0.1, 0.15) is 33.6 Å². The Morgan fingerprint density at radius 1 is 1.18 bits per heavy atom. The molecule has 0 aromatic rings. The summed E-state index contributed by atoms with van der Waals surface area (Å²) in [6.07, 6.45) is 1.55. The summed E-state index contributed by atoms with van der Waals surface area (Å²) in [6, 6.07) is -1.37. The second kappa shape index (κ2) is 9.15. The van der Waals surface area contributed by atoms with Gasteiger partial charge in [-0.2, -0.15) is 0 Å². The van der Waals surface area contributed by atoms with E-state index < -0.39 is 29.9 Å². The number of ether oxygens (including phenoxy) is 1. The lowest BCUT2D eigenvalue weighted by Crippen LogP contribution is -2.36. The molecule has 22 heavy (non-hydrogen) atoms. The lowest BCUT2D eigenvalue weighted by molar-refractivity contribution is -0.750. The normalized spacial score (nSPS) is 12.5. The molecule has 0 aliphatic rings. The largest absolute Gasteiger partial charge is 0.477 e. The molecule has 0 heterocycles. The van der Waals surface area contributed by atoms with E-state index in [0.717, 1.165) is 19.8 Å². The first-order chi connectivity index (χ1) is 10.1. The van der Waals surface area contributed by atoms with Gasteiger partial charge in [-0.1, -0.05) is 26.7 Å². The van der Waals surface area contributed by atoms with Crippen molar-refractivity contribution in [1.29, 1.82) is 0 Å². The van der Waals surface area contributed by atoms with Crippen LogP contribution in [0.15, 0.2) is 0 Å². The minimum atomic E-state index is -4.95. The fraction of sp³-hybridized carbons (Fsp3) is 0.889. The molecule has 1 atom stereocenters. The second-order valence-electron chi connectivity index (χ2n) is 4.27. The van der Waals surface area contributed by atoms with Crippen LogP contribution in [0.25, 0.3) is 0 Å². The van der Waals surface area contributed by atoms with E-state index in [1.165, 1.54) is 0 Å². The van der Waals surface area contributed by atoms with Crippen molar-refractivity contribution in [2.75, 3.05) is 6.61 Å². The molecule has 0 aromatic heterocycles. The van der Waals surface area contributed by atoms with Crippen LogP contribution < -0.4 is 5.09 Å². The number of carbonyl (C=O) groups is 1. The molecule has 0 aliphatic carbocycles. The number of nitrogens with zero attached hydrogens (tertiary/aromatic N) is 2. The van der Waals surface area contributed by atoms with Crippen molar-refractivity contribution >= 4 is 13.7 Å². The summed E-state index contributed by atoms with van der Waals surface area (Å²) in [4.78, 5) is 32.1. The molecule has 1 N–H and O–H groups in total. The quantitative estimate of drug-likeness (QED) is 0.252. The first kappa shape index (κ1) is 20.1. The number of nitrogens with one attached hydrogen (secondary N) is 1. The van der Waals surface area contributed by atoms with Gasteiger partial charge < -0.3 is 4.74 Å². The number of esters is 1. The van der Waals surface area contributed by atoms with Gasteiger partial charge in [0.1, 0.15) is 6.04 Å². The highest BCUT2D eigenvalue weighted by atomic mass is 31.2. The first-order valence-electron chi connectivity index (χ1n) is 6.36. The van der Waals surface area contributed by atoms with E-state index in [2.05, 4.69) is 9.25 Å². The Balaban J connectivity index is 4.70. The maximum absolute atomic E-state index is 11.8. The molecule has 0 rings (SSSR count). The number of rotatable bonds is 11.